The molecule has 0 spiro atoms. The van der Waals surface area contributed by atoms with Crippen LogP contribution in [0, 0.1) is 10.1 Å². The molecule has 1 aromatic carbocycles. The molecule has 0 radical (unpaired) electrons. The molecule has 1 N–H and O–H groups in total. The fraction of sp³-hybridized carbons (Fsp3) is 0.125. The maximum Gasteiger partial charge on any atom is 0.265 e. The molecule has 0 fully saturated rings. The minimum atomic E-state index is -0.479. The van der Waals surface area contributed by atoms with Crippen LogP contribution in [-0.4, -0.2) is 10.2 Å². The van der Waals surface area contributed by atoms with Gasteiger partial charge in [-0.15, -0.1) is 0 Å². The van der Waals surface area contributed by atoms with Crippen molar-refractivity contribution in [1.29, 1.82) is 0 Å². The highest BCUT2D eigenvalue weighted by atomic mass is 32.2. The summed E-state index contributed by atoms with van der Waals surface area (Å²) in [7, 11) is 0. The molecule has 14 heavy (non-hydrogen) atoms. The minimum Gasteiger partial charge on any atom is -0.326 e. The molecule has 0 aliphatic heterocycles. The molecular formula is C8H8N2O3S. The minimum absolute atomic E-state index is 0.167. The zero-order valence-electron chi connectivity index (χ0n) is 7.39. The third kappa shape index (κ3) is 3.44. The summed E-state index contributed by atoms with van der Waals surface area (Å²) in [5.41, 5.74) is 0.630. The first kappa shape index (κ1) is 10.5. The molecule has 0 atom stereocenters. The van der Waals surface area contributed by atoms with E-state index < -0.39 is 4.33 Å². The van der Waals surface area contributed by atoms with E-state index in [-0.39, 0.29) is 5.91 Å². The molecule has 0 bridgehead atoms. The van der Waals surface area contributed by atoms with Crippen LogP contribution in [0.1, 0.15) is 6.92 Å². The van der Waals surface area contributed by atoms with Crippen LogP contribution in [0.4, 0.5) is 5.69 Å². The number of hydrogen-bond acceptors (Lipinski definition) is 4. The average molecular weight is 212 g/mol. The van der Waals surface area contributed by atoms with Gasteiger partial charge in [-0.2, -0.15) is 0 Å². The van der Waals surface area contributed by atoms with Gasteiger partial charge in [0.1, 0.15) is 4.33 Å². The number of nitro groups is 1. The summed E-state index contributed by atoms with van der Waals surface area (Å²) in [4.78, 5) is 21.3. The van der Waals surface area contributed by atoms with Gasteiger partial charge in [-0.05, 0) is 24.3 Å². The Kier molecular flexibility index (Phi) is 3.47. The van der Waals surface area contributed by atoms with Crippen LogP contribution in [0.25, 0.3) is 0 Å². The monoisotopic (exact) mass is 212 g/mol. The van der Waals surface area contributed by atoms with Gasteiger partial charge in [0.25, 0.3) is 11.9 Å². The van der Waals surface area contributed by atoms with Gasteiger partial charge in [-0.25, -0.2) is 0 Å². The van der Waals surface area contributed by atoms with E-state index in [9.17, 15) is 14.9 Å². The Hall–Kier alpha value is -1.56. The molecule has 0 aliphatic carbocycles. The molecule has 0 aromatic heterocycles. The van der Waals surface area contributed by atoms with Crippen molar-refractivity contribution in [3.8, 4) is 0 Å². The lowest BCUT2D eigenvalue weighted by molar-refractivity contribution is -0.284. The number of amides is 1. The Morgan fingerprint density at radius 1 is 1.43 bits per heavy atom. The summed E-state index contributed by atoms with van der Waals surface area (Å²) in [6, 6.07) is 6.40. The van der Waals surface area contributed by atoms with Crippen LogP contribution in [-0.2, 0) is 4.79 Å². The van der Waals surface area contributed by atoms with Gasteiger partial charge in [-0.1, -0.05) is 0 Å². The van der Waals surface area contributed by atoms with E-state index in [2.05, 4.69) is 5.32 Å². The number of nitrogens with one attached hydrogen (secondary N) is 1. The Morgan fingerprint density at radius 3 is 2.43 bits per heavy atom. The van der Waals surface area contributed by atoms with Crippen LogP contribution >= 0.6 is 11.9 Å². The van der Waals surface area contributed by atoms with E-state index >= 15 is 0 Å². The summed E-state index contributed by atoms with van der Waals surface area (Å²) < 4.78 is -0.479. The third-order valence-corrected chi connectivity index (χ3v) is 1.99. The zero-order valence-corrected chi connectivity index (χ0v) is 8.21. The van der Waals surface area contributed by atoms with Gasteiger partial charge in [-0.3, -0.25) is 14.9 Å². The summed E-state index contributed by atoms with van der Waals surface area (Å²) in [6.45, 7) is 1.40. The lowest BCUT2D eigenvalue weighted by atomic mass is 10.3. The first-order valence-electron chi connectivity index (χ1n) is 3.78. The number of carbonyl (C=O) groups is 1. The molecule has 0 heterocycles. The van der Waals surface area contributed by atoms with Gasteiger partial charge < -0.3 is 5.32 Å². The van der Waals surface area contributed by atoms with Crippen molar-refractivity contribution in [2.45, 2.75) is 11.8 Å². The molecular weight excluding hydrogens is 204 g/mol. The molecule has 1 rings (SSSR count). The van der Waals surface area contributed by atoms with Gasteiger partial charge >= 0.3 is 0 Å². The lowest BCUT2D eigenvalue weighted by Crippen LogP contribution is -2.05. The van der Waals surface area contributed by atoms with Gasteiger partial charge in [0.2, 0.25) is 5.91 Å². The topological polar surface area (TPSA) is 72.2 Å². The van der Waals surface area contributed by atoms with Gasteiger partial charge in [0.15, 0.2) is 0 Å². The Labute approximate surface area is 84.8 Å². The largest absolute Gasteiger partial charge is 0.326 e. The number of hydrogen-bond donors (Lipinski definition) is 1. The van der Waals surface area contributed by atoms with Crippen molar-refractivity contribution in [3.05, 3.63) is 34.4 Å². The molecule has 1 amide bonds. The second-order valence-electron chi connectivity index (χ2n) is 2.52. The van der Waals surface area contributed by atoms with E-state index in [1.54, 1.807) is 24.3 Å². The third-order valence-electron chi connectivity index (χ3n) is 1.35. The smallest absolute Gasteiger partial charge is 0.265 e. The molecule has 0 unspecified atom stereocenters. The van der Waals surface area contributed by atoms with Crippen LogP contribution in [0.3, 0.4) is 0 Å². The highest BCUT2D eigenvalue weighted by molar-refractivity contribution is 7.93. The predicted molar refractivity (Wildman–Crippen MR) is 53.6 cm³/mol. The van der Waals surface area contributed by atoms with E-state index in [0.29, 0.717) is 22.5 Å². The standard InChI is InChI=1S/C8H8N2O3S/c1-6(11)9-7-2-4-8(5-3-7)14-10(12)13/h2-5H,1H3,(H,9,11). The predicted octanol–water partition coefficient (Wildman–Crippen LogP) is 1.93. The molecule has 6 heteroatoms. The van der Waals surface area contributed by atoms with Crippen molar-refractivity contribution < 1.29 is 9.12 Å². The summed E-state index contributed by atoms with van der Waals surface area (Å²) in [5, 5.41) is 12.7. The van der Waals surface area contributed by atoms with E-state index in [4.69, 9.17) is 0 Å². The SMILES string of the molecule is CC(=O)Nc1ccc(S[N+](=O)[O-])cc1. The van der Waals surface area contributed by atoms with E-state index in [0.717, 1.165) is 0 Å². The quantitative estimate of drug-likeness (QED) is 0.472. The van der Waals surface area contributed by atoms with Crippen molar-refractivity contribution in [2.75, 3.05) is 5.32 Å². The fourth-order valence-corrected chi connectivity index (χ4v) is 1.32. The normalized spacial score (nSPS) is 9.50. The summed E-state index contributed by atoms with van der Waals surface area (Å²) in [6.07, 6.45) is 0. The highest BCUT2D eigenvalue weighted by Crippen LogP contribution is 2.19. The Morgan fingerprint density at radius 2 is 2.00 bits per heavy atom. The zero-order chi connectivity index (χ0) is 10.6. The van der Waals surface area contributed by atoms with Crippen molar-refractivity contribution in [2.24, 2.45) is 0 Å². The average Bonchev–Trinajstić information content (AvgIpc) is 2.06. The van der Waals surface area contributed by atoms with Gasteiger partial charge in [0.05, 0.1) is 4.90 Å². The lowest BCUT2D eigenvalue weighted by Gasteiger charge is -2.00. The maximum absolute atomic E-state index is 10.7. The molecule has 0 saturated carbocycles. The van der Waals surface area contributed by atoms with E-state index in [1.165, 1.54) is 6.92 Å². The Bertz CT molecular complexity index is 315. The molecule has 5 nitrogen and oxygen atoms in total. The van der Waals surface area contributed by atoms with Gasteiger partial charge in [0, 0.05) is 12.6 Å². The van der Waals surface area contributed by atoms with Crippen LogP contribution in [0.5, 0.6) is 0 Å². The molecule has 1 aromatic rings. The fourth-order valence-electron chi connectivity index (χ4n) is 0.888. The second kappa shape index (κ2) is 4.61. The first-order valence-corrected chi connectivity index (χ1v) is 4.55. The summed E-state index contributed by atoms with van der Waals surface area (Å²) >= 11 is 0.536. The van der Waals surface area contributed by atoms with E-state index in [1.807, 2.05) is 0 Å². The second-order valence-corrected chi connectivity index (χ2v) is 3.47. The first-order chi connectivity index (χ1) is 6.58. The van der Waals surface area contributed by atoms with Crippen LogP contribution < -0.4 is 5.32 Å². The Balaban J connectivity index is 2.68. The maximum atomic E-state index is 10.7. The van der Waals surface area contributed by atoms with Crippen LogP contribution in [0.2, 0.25) is 0 Å². The molecule has 0 aliphatic rings. The number of rotatable bonds is 3. The highest BCUT2D eigenvalue weighted by Gasteiger charge is 2.04. The van der Waals surface area contributed by atoms with Crippen LogP contribution in [0.15, 0.2) is 29.2 Å². The summed E-state index contributed by atoms with van der Waals surface area (Å²) in [5.74, 6) is -0.167. The van der Waals surface area contributed by atoms with Crippen molar-refractivity contribution in [3.63, 3.8) is 0 Å². The number of anilines is 1. The van der Waals surface area contributed by atoms with Crippen molar-refractivity contribution >= 4 is 23.5 Å². The number of benzene rings is 1. The van der Waals surface area contributed by atoms with Crippen molar-refractivity contribution in [1.82, 2.24) is 0 Å². The molecule has 74 valence electrons. The molecule has 0 saturated heterocycles. The number of carbonyl (C=O) groups excluding carboxylic acids is 1. The number of nitrogens with zero attached hydrogens (tertiary/aromatic N) is 1.